The Morgan fingerprint density at radius 3 is 2.59 bits per heavy atom. The predicted molar refractivity (Wildman–Crippen MR) is 173 cm³/mol. The predicted octanol–water partition coefficient (Wildman–Crippen LogP) is 7.17. The molecule has 1 aliphatic heterocycles. The number of carbonyl (C=O) groups is 1. The number of benzene rings is 2. The molecule has 1 fully saturated rings. The van der Waals surface area contributed by atoms with E-state index < -0.39 is 0 Å². The second kappa shape index (κ2) is 13.1. The smallest absolute Gasteiger partial charge is 0.305 e. The van der Waals surface area contributed by atoms with Crippen molar-refractivity contribution in [2.24, 2.45) is 0 Å². The lowest BCUT2D eigenvalue weighted by Crippen LogP contribution is -2.15. The number of aryl methyl sites for hydroxylation is 3. The average molecular weight is 592 g/mol. The number of nitrogens with one attached hydrogen (secondary N) is 4. The minimum absolute atomic E-state index is 0.230. The van der Waals surface area contributed by atoms with Crippen LogP contribution in [0.15, 0.2) is 53.9 Å². The Morgan fingerprint density at radius 1 is 1.00 bits per heavy atom. The summed E-state index contributed by atoms with van der Waals surface area (Å²) >= 11 is 3.28. The van der Waals surface area contributed by atoms with Crippen LogP contribution in [0.25, 0.3) is 0 Å². The van der Waals surface area contributed by atoms with E-state index in [1.165, 1.54) is 41.9 Å². The van der Waals surface area contributed by atoms with E-state index in [-0.39, 0.29) is 5.97 Å². The van der Waals surface area contributed by atoms with E-state index in [0.29, 0.717) is 12.8 Å². The van der Waals surface area contributed by atoms with E-state index in [0.717, 1.165) is 57.2 Å². The van der Waals surface area contributed by atoms with Crippen molar-refractivity contribution in [3.63, 3.8) is 0 Å². The maximum atomic E-state index is 11.4. The number of nitrogens with zero attached hydrogens (tertiary/aromatic N) is 3. The van der Waals surface area contributed by atoms with Gasteiger partial charge in [-0.1, -0.05) is 11.3 Å². The molecule has 0 atom stereocenters. The average Bonchev–Trinajstić information content (AvgIpc) is 3.76. The number of hydrogen-bond acceptors (Lipinski definition) is 11. The molecule has 2 aromatic carbocycles. The van der Waals surface area contributed by atoms with E-state index in [4.69, 9.17) is 4.74 Å². The fraction of sp³-hybridized carbons (Fsp3) is 0.333. The first-order chi connectivity index (χ1) is 19.9. The molecule has 0 unspecified atom stereocenters. The summed E-state index contributed by atoms with van der Waals surface area (Å²) in [5, 5.41) is 5.13. The first kappa shape index (κ1) is 28.6. The Bertz CT molecular complexity index is 1480. The van der Waals surface area contributed by atoms with Gasteiger partial charge < -0.3 is 20.0 Å². The van der Waals surface area contributed by atoms with Gasteiger partial charge in [-0.15, -0.1) is 11.3 Å². The van der Waals surface area contributed by atoms with E-state index >= 15 is 0 Å². The Balaban J connectivity index is 1.15. The number of hydrazine groups is 2. The number of anilines is 7. The van der Waals surface area contributed by atoms with Crippen LogP contribution >= 0.6 is 22.7 Å². The highest BCUT2D eigenvalue weighted by Crippen LogP contribution is 2.34. The molecule has 11 heteroatoms. The largest absolute Gasteiger partial charge is 0.469 e. The van der Waals surface area contributed by atoms with Gasteiger partial charge in [0.1, 0.15) is 5.00 Å². The molecule has 41 heavy (non-hydrogen) atoms. The third kappa shape index (κ3) is 7.22. The molecule has 0 aliphatic carbocycles. The normalized spacial score (nSPS) is 12.7. The summed E-state index contributed by atoms with van der Waals surface area (Å²) in [5.74, 6) is -0.230. The molecule has 1 aliphatic rings. The standard InChI is InChI=1S/C30H37N7O2S2/c1-20-18-24(9-10-25(20)33-35-30-31-23(19-40-30)8-14-29(38)39-4)36(3)26-11-7-22(17-21(26)2)32-34-27-12-13-28(41-27)37-15-5-6-16-37/h7,9-13,17-19,32-34H,5-6,8,14-16H2,1-4H3,(H,31,35). The van der Waals surface area contributed by atoms with Crippen LogP contribution in [0.3, 0.4) is 0 Å². The van der Waals surface area contributed by atoms with Crippen molar-refractivity contribution >= 4 is 66.5 Å². The molecule has 1 saturated heterocycles. The van der Waals surface area contributed by atoms with Gasteiger partial charge in [-0.25, -0.2) is 4.98 Å². The molecule has 0 spiro atoms. The van der Waals surface area contributed by atoms with Gasteiger partial charge in [0.15, 0.2) is 0 Å². The first-order valence-electron chi connectivity index (χ1n) is 13.7. The Labute approximate surface area is 249 Å². The molecule has 0 amide bonds. The van der Waals surface area contributed by atoms with Crippen LogP contribution in [-0.4, -0.2) is 38.2 Å². The molecule has 0 bridgehead atoms. The molecule has 3 heterocycles. The van der Waals surface area contributed by atoms with Crippen LogP contribution in [0, 0.1) is 13.8 Å². The number of methoxy groups -OCH3 is 1. The number of thiophene rings is 1. The van der Waals surface area contributed by atoms with Crippen LogP contribution in [0.1, 0.15) is 36.1 Å². The van der Waals surface area contributed by atoms with Gasteiger partial charge in [0, 0.05) is 43.3 Å². The highest BCUT2D eigenvalue weighted by Gasteiger charge is 2.15. The molecular formula is C30H37N7O2S2. The van der Waals surface area contributed by atoms with Crippen molar-refractivity contribution < 1.29 is 9.53 Å². The summed E-state index contributed by atoms with van der Waals surface area (Å²) in [4.78, 5) is 20.6. The maximum absolute atomic E-state index is 11.4. The molecule has 2 aromatic heterocycles. The topological polar surface area (TPSA) is 93.8 Å². The van der Waals surface area contributed by atoms with Crippen LogP contribution in [0.4, 0.5) is 37.9 Å². The molecule has 5 rings (SSSR count). The first-order valence-corrected chi connectivity index (χ1v) is 15.4. The van der Waals surface area contributed by atoms with E-state index in [1.807, 2.05) is 5.38 Å². The number of aromatic nitrogens is 1. The molecule has 4 N–H and O–H groups in total. The van der Waals surface area contributed by atoms with Crippen molar-refractivity contribution in [1.82, 2.24) is 4.98 Å². The molecule has 0 saturated carbocycles. The minimum Gasteiger partial charge on any atom is -0.469 e. The van der Waals surface area contributed by atoms with Crippen molar-refractivity contribution in [2.75, 3.05) is 58.7 Å². The maximum Gasteiger partial charge on any atom is 0.305 e. The summed E-state index contributed by atoms with van der Waals surface area (Å²) in [5.41, 5.74) is 20.5. The van der Waals surface area contributed by atoms with Crippen LogP contribution in [0.2, 0.25) is 0 Å². The van der Waals surface area contributed by atoms with Crippen molar-refractivity contribution in [1.29, 1.82) is 0 Å². The zero-order valence-corrected chi connectivity index (χ0v) is 25.5. The van der Waals surface area contributed by atoms with Crippen molar-refractivity contribution in [2.45, 2.75) is 39.5 Å². The molecule has 9 nitrogen and oxygen atoms in total. The molecule has 216 valence electrons. The summed E-state index contributed by atoms with van der Waals surface area (Å²) < 4.78 is 4.70. The number of ether oxygens (including phenoxy) is 1. The zero-order chi connectivity index (χ0) is 28.8. The number of esters is 1. The third-order valence-electron chi connectivity index (χ3n) is 7.16. The Hall–Kier alpha value is -3.96. The molecular weight excluding hydrogens is 555 g/mol. The van der Waals surface area contributed by atoms with Gasteiger partial charge in [0.25, 0.3) is 0 Å². The van der Waals surface area contributed by atoms with Crippen LogP contribution < -0.4 is 31.5 Å². The Kier molecular flexibility index (Phi) is 9.15. The lowest BCUT2D eigenvalue weighted by Gasteiger charge is -2.23. The summed E-state index contributed by atoms with van der Waals surface area (Å²) in [7, 11) is 3.49. The number of thiazole rings is 1. The number of rotatable bonds is 12. The minimum atomic E-state index is -0.230. The van der Waals surface area contributed by atoms with E-state index in [1.54, 1.807) is 11.3 Å². The number of carbonyl (C=O) groups excluding carboxylic acids is 1. The van der Waals surface area contributed by atoms with Crippen molar-refractivity contribution in [3.05, 3.63) is 70.7 Å². The highest BCUT2D eigenvalue weighted by molar-refractivity contribution is 7.20. The Morgan fingerprint density at radius 2 is 1.83 bits per heavy atom. The quantitative estimate of drug-likeness (QED) is 0.101. The van der Waals surface area contributed by atoms with Crippen LogP contribution in [-0.2, 0) is 16.0 Å². The lowest BCUT2D eigenvalue weighted by molar-refractivity contribution is -0.140. The fourth-order valence-corrected chi connectivity index (χ4v) is 6.42. The summed E-state index contributed by atoms with van der Waals surface area (Å²) in [6.07, 6.45) is 3.46. The third-order valence-corrected chi connectivity index (χ3v) is 9.03. The van der Waals surface area contributed by atoms with Gasteiger partial charge in [-0.2, -0.15) is 0 Å². The fourth-order valence-electron chi connectivity index (χ4n) is 4.81. The van der Waals surface area contributed by atoms with Gasteiger partial charge in [0.2, 0.25) is 5.13 Å². The summed E-state index contributed by atoms with van der Waals surface area (Å²) in [6, 6.07) is 17.1. The van der Waals surface area contributed by atoms with Crippen LogP contribution in [0.5, 0.6) is 0 Å². The lowest BCUT2D eigenvalue weighted by atomic mass is 10.1. The van der Waals surface area contributed by atoms with E-state index in [9.17, 15) is 4.79 Å². The highest BCUT2D eigenvalue weighted by atomic mass is 32.1. The second-order valence-electron chi connectivity index (χ2n) is 10.1. The monoisotopic (exact) mass is 591 g/mol. The SMILES string of the molecule is COC(=O)CCc1csc(NNc2ccc(N(C)c3ccc(NNc4ccc(N5CCCC5)s4)cc3C)cc2C)n1. The molecule has 0 radical (unpaired) electrons. The van der Waals surface area contributed by atoms with Gasteiger partial charge in [-0.3, -0.25) is 21.1 Å². The van der Waals surface area contributed by atoms with Crippen molar-refractivity contribution in [3.8, 4) is 0 Å². The second-order valence-corrected chi connectivity index (χ2v) is 12.0. The summed E-state index contributed by atoms with van der Waals surface area (Å²) in [6.45, 7) is 6.53. The van der Waals surface area contributed by atoms with Gasteiger partial charge >= 0.3 is 5.97 Å². The van der Waals surface area contributed by atoms with E-state index in [2.05, 4.69) is 106 Å². The van der Waals surface area contributed by atoms with Gasteiger partial charge in [-0.05, 0) is 86.3 Å². The zero-order valence-electron chi connectivity index (χ0n) is 23.9. The van der Waals surface area contributed by atoms with Gasteiger partial charge in [0.05, 0.1) is 35.6 Å². The number of hydrogen-bond donors (Lipinski definition) is 4. The molecule has 4 aromatic rings.